The van der Waals surface area contributed by atoms with Crippen LogP contribution in [0.5, 0.6) is 11.5 Å². The molecule has 2 aromatic carbocycles. The van der Waals surface area contributed by atoms with Gasteiger partial charge in [-0.05, 0) is 24.3 Å². The van der Waals surface area contributed by atoms with Crippen molar-refractivity contribution < 1.29 is 28.8 Å². The Balaban J connectivity index is 2.18. The first-order valence-corrected chi connectivity index (χ1v) is 16.7. The third-order valence-electron chi connectivity index (χ3n) is 4.77. The molecule has 0 aliphatic rings. The predicted molar refractivity (Wildman–Crippen MR) is 123 cm³/mol. The molecule has 2 rings (SSSR count). The van der Waals surface area contributed by atoms with E-state index in [9.17, 15) is 9.59 Å². The van der Waals surface area contributed by atoms with E-state index < -0.39 is 28.1 Å². The van der Waals surface area contributed by atoms with Crippen molar-refractivity contribution in [1.29, 1.82) is 0 Å². The highest BCUT2D eigenvalue weighted by Crippen LogP contribution is 2.22. The second-order valence-corrected chi connectivity index (χ2v) is 19.2. The smallest absolute Gasteiger partial charge is 0.390 e. The highest BCUT2D eigenvalue weighted by atomic mass is 28.3. The van der Waals surface area contributed by atoms with Gasteiger partial charge in [0.15, 0.2) is 0 Å². The van der Waals surface area contributed by atoms with Crippen molar-refractivity contribution in [3.05, 3.63) is 47.5 Å². The summed E-state index contributed by atoms with van der Waals surface area (Å²) in [6.07, 6.45) is 0. The van der Waals surface area contributed by atoms with Gasteiger partial charge in [0.25, 0.3) is 0 Å². The van der Waals surface area contributed by atoms with Crippen LogP contribution in [0.3, 0.4) is 0 Å². The van der Waals surface area contributed by atoms with Gasteiger partial charge in [-0.2, -0.15) is 0 Å². The maximum absolute atomic E-state index is 12.5. The molecule has 0 N–H and O–H groups in total. The van der Waals surface area contributed by atoms with Crippen molar-refractivity contribution >= 4 is 38.5 Å². The van der Waals surface area contributed by atoms with Crippen molar-refractivity contribution in [2.45, 2.75) is 39.3 Å². The minimum Gasteiger partial charge on any atom is -0.496 e. The summed E-state index contributed by atoms with van der Waals surface area (Å²) in [4.78, 5) is 34.5. The van der Waals surface area contributed by atoms with Crippen LogP contribution in [-0.4, -0.2) is 42.3 Å². The number of rotatable bonds is 6. The Labute approximate surface area is 180 Å². The lowest BCUT2D eigenvalue weighted by Crippen LogP contribution is -2.37. The molecule has 0 heterocycles. The zero-order valence-corrected chi connectivity index (χ0v) is 20.9. The summed E-state index contributed by atoms with van der Waals surface area (Å²) >= 11 is 0. The maximum atomic E-state index is 12.5. The van der Waals surface area contributed by atoms with Crippen LogP contribution in [0.4, 0.5) is 0 Å². The summed E-state index contributed by atoms with van der Waals surface area (Å²) in [6, 6.07) is 10.7. The van der Waals surface area contributed by atoms with Gasteiger partial charge in [0.2, 0.25) is 0 Å². The molecule has 0 atom stereocenters. The second-order valence-electron chi connectivity index (χ2n) is 9.07. The van der Waals surface area contributed by atoms with E-state index in [2.05, 4.69) is 39.3 Å². The molecule has 8 heteroatoms. The molecule has 0 bridgehead atoms. The predicted octanol–water partition coefficient (Wildman–Crippen LogP) is 3.72. The Morgan fingerprint density at radius 1 is 0.633 bits per heavy atom. The Hall–Kier alpha value is -2.59. The fourth-order valence-electron chi connectivity index (χ4n) is 2.82. The third kappa shape index (κ3) is 5.51. The summed E-state index contributed by atoms with van der Waals surface area (Å²) in [5.74, 6) is -0.846. The molecule has 0 aromatic heterocycles. The Bertz CT molecular complexity index is 864. The molecule has 0 radical (unpaired) electrons. The van der Waals surface area contributed by atoms with Crippen LogP contribution in [0.25, 0.3) is 0 Å². The van der Waals surface area contributed by atoms with Crippen molar-refractivity contribution in [1.82, 2.24) is 0 Å². The molecule has 0 amide bonds. The van der Waals surface area contributed by atoms with E-state index in [1.807, 2.05) is 24.3 Å². The summed E-state index contributed by atoms with van der Waals surface area (Å²) in [5, 5.41) is 2.28. The summed E-state index contributed by atoms with van der Waals surface area (Å²) in [7, 11) is -0.187. The van der Waals surface area contributed by atoms with Crippen LogP contribution in [-0.2, 0) is 9.78 Å². The van der Waals surface area contributed by atoms with Crippen LogP contribution >= 0.6 is 0 Å². The molecule has 0 saturated heterocycles. The van der Waals surface area contributed by atoms with Crippen molar-refractivity contribution in [3.8, 4) is 11.5 Å². The fraction of sp³-hybridized carbons (Fsp3) is 0.364. The Kier molecular flexibility index (Phi) is 7.15. The van der Waals surface area contributed by atoms with Crippen LogP contribution in [0.15, 0.2) is 36.4 Å². The molecule has 2 aromatic rings. The van der Waals surface area contributed by atoms with Gasteiger partial charge in [0, 0.05) is 0 Å². The molecule has 0 saturated carbocycles. The number of ether oxygens (including phenoxy) is 2. The summed E-state index contributed by atoms with van der Waals surface area (Å²) < 4.78 is 10.7. The summed E-state index contributed by atoms with van der Waals surface area (Å²) in [6.45, 7) is 13.2. The Morgan fingerprint density at radius 2 is 0.967 bits per heavy atom. The third-order valence-corrected chi connectivity index (χ3v) is 8.85. The first-order chi connectivity index (χ1) is 13.9. The van der Waals surface area contributed by atoms with Gasteiger partial charge in [0.1, 0.15) is 22.6 Å². The quantitative estimate of drug-likeness (QED) is 0.383. The minimum absolute atomic E-state index is 0.188. The normalized spacial score (nSPS) is 11.6. The maximum Gasteiger partial charge on any atom is 0.390 e. The van der Waals surface area contributed by atoms with Gasteiger partial charge in [-0.25, -0.2) is 19.4 Å². The topological polar surface area (TPSA) is 71.1 Å². The van der Waals surface area contributed by atoms with Gasteiger partial charge in [-0.3, -0.25) is 0 Å². The molecule has 0 spiro atoms. The summed E-state index contributed by atoms with van der Waals surface area (Å²) in [5.41, 5.74) is 0.377. The van der Waals surface area contributed by atoms with Crippen LogP contribution < -0.4 is 19.8 Å². The lowest BCUT2D eigenvalue weighted by atomic mass is 10.2. The average Bonchev–Trinajstić information content (AvgIpc) is 2.69. The highest BCUT2D eigenvalue weighted by molar-refractivity contribution is 6.89. The fourth-order valence-corrected chi connectivity index (χ4v) is 5.11. The zero-order valence-electron chi connectivity index (χ0n) is 18.9. The van der Waals surface area contributed by atoms with E-state index in [1.165, 1.54) is 14.2 Å². The number of benzene rings is 2. The first kappa shape index (κ1) is 23.7. The highest BCUT2D eigenvalue weighted by Gasteiger charge is 2.25. The standard InChI is InChI=1S/C22H30O6Si2/c1-25-19-13-15(29(3,4)5)9-11-17(19)21(23)27-28-22(24)18-12-10-16(30(6,7)8)14-20(18)26-2/h9-14H,1-8H3. The van der Waals surface area contributed by atoms with Crippen molar-refractivity contribution in [2.75, 3.05) is 14.2 Å². The van der Waals surface area contributed by atoms with Gasteiger partial charge in [-0.15, -0.1) is 0 Å². The van der Waals surface area contributed by atoms with Gasteiger partial charge in [-0.1, -0.05) is 61.8 Å². The molecule has 30 heavy (non-hydrogen) atoms. The number of carbonyl (C=O) groups is 2. The van der Waals surface area contributed by atoms with E-state index in [-0.39, 0.29) is 11.1 Å². The van der Waals surface area contributed by atoms with E-state index in [1.54, 1.807) is 12.1 Å². The van der Waals surface area contributed by atoms with Crippen LogP contribution in [0, 0.1) is 0 Å². The number of methoxy groups -OCH3 is 2. The minimum atomic E-state index is -1.58. The number of hydrogen-bond donors (Lipinski definition) is 0. The monoisotopic (exact) mass is 446 g/mol. The molecule has 6 nitrogen and oxygen atoms in total. The van der Waals surface area contributed by atoms with Gasteiger partial charge < -0.3 is 9.47 Å². The van der Waals surface area contributed by atoms with Crippen LogP contribution in [0.2, 0.25) is 39.3 Å². The average molecular weight is 447 g/mol. The van der Waals surface area contributed by atoms with E-state index in [4.69, 9.17) is 19.2 Å². The lowest BCUT2D eigenvalue weighted by Gasteiger charge is -2.19. The molecule has 0 fully saturated rings. The molecular weight excluding hydrogens is 416 g/mol. The second kappa shape index (κ2) is 9.05. The van der Waals surface area contributed by atoms with Gasteiger partial charge in [0.05, 0.1) is 30.4 Å². The van der Waals surface area contributed by atoms with Gasteiger partial charge >= 0.3 is 11.9 Å². The SMILES string of the molecule is COc1cc([Si](C)(C)C)ccc1C(=O)OOC(=O)c1ccc([Si](C)(C)C)cc1OC. The molecule has 0 unspecified atom stereocenters. The van der Waals surface area contributed by atoms with E-state index in [0.29, 0.717) is 11.5 Å². The van der Waals surface area contributed by atoms with Crippen molar-refractivity contribution in [3.63, 3.8) is 0 Å². The first-order valence-electron chi connectivity index (χ1n) is 9.68. The lowest BCUT2D eigenvalue weighted by molar-refractivity contribution is -0.187. The van der Waals surface area contributed by atoms with E-state index in [0.717, 1.165) is 10.4 Å². The zero-order chi connectivity index (χ0) is 22.7. The molecular formula is C22H30O6Si2. The van der Waals surface area contributed by atoms with E-state index >= 15 is 0 Å². The number of carbonyl (C=O) groups excluding carboxylic acids is 2. The van der Waals surface area contributed by atoms with Crippen LogP contribution in [0.1, 0.15) is 20.7 Å². The largest absolute Gasteiger partial charge is 0.496 e. The molecule has 0 aliphatic heterocycles. The molecule has 0 aliphatic carbocycles. The Morgan fingerprint density at radius 3 is 1.23 bits per heavy atom. The molecule has 162 valence electrons. The number of hydrogen-bond acceptors (Lipinski definition) is 6. The van der Waals surface area contributed by atoms with Crippen molar-refractivity contribution in [2.24, 2.45) is 0 Å².